The van der Waals surface area contributed by atoms with Crippen molar-refractivity contribution >= 4 is 11.6 Å². The second-order valence-electron chi connectivity index (χ2n) is 4.71. The molecule has 0 radical (unpaired) electrons. The highest BCUT2D eigenvalue weighted by atomic mass is 19.1. The van der Waals surface area contributed by atoms with Gasteiger partial charge in [0.2, 0.25) is 0 Å². The van der Waals surface area contributed by atoms with E-state index in [2.05, 4.69) is 20.6 Å². The van der Waals surface area contributed by atoms with E-state index in [1.807, 2.05) is 24.7 Å². The van der Waals surface area contributed by atoms with Crippen molar-refractivity contribution in [2.75, 3.05) is 23.7 Å². The molecule has 0 aromatic carbocycles. The maximum atomic E-state index is 13.7. The van der Waals surface area contributed by atoms with E-state index in [0.29, 0.717) is 19.5 Å². The third-order valence-electron chi connectivity index (χ3n) is 3.03. The van der Waals surface area contributed by atoms with Gasteiger partial charge >= 0.3 is 0 Å². The van der Waals surface area contributed by atoms with Crippen molar-refractivity contribution in [1.82, 2.24) is 14.5 Å². The normalized spacial score (nSPS) is 10.7. The van der Waals surface area contributed by atoms with Crippen LogP contribution in [0, 0.1) is 11.6 Å². The van der Waals surface area contributed by atoms with E-state index >= 15 is 0 Å². The summed E-state index contributed by atoms with van der Waals surface area (Å²) in [6.45, 7) is 3.01. The summed E-state index contributed by atoms with van der Waals surface area (Å²) in [7, 11) is 1.89. The predicted octanol–water partition coefficient (Wildman–Crippen LogP) is 2.57. The molecule has 0 fully saturated rings. The van der Waals surface area contributed by atoms with Crippen LogP contribution in [0.3, 0.4) is 0 Å². The van der Waals surface area contributed by atoms with Crippen LogP contribution in [0.15, 0.2) is 18.5 Å². The first-order valence-electron chi connectivity index (χ1n) is 6.91. The highest BCUT2D eigenvalue weighted by Gasteiger charge is 2.11. The number of aryl methyl sites for hydroxylation is 1. The minimum atomic E-state index is -0.700. The van der Waals surface area contributed by atoms with Gasteiger partial charge in [-0.15, -0.1) is 0 Å². The fourth-order valence-electron chi connectivity index (χ4n) is 1.89. The standard InChI is InChI=1S/C14H19F2N5/c1-3-5-18-13-10(15)9-11(16)14(20-13)19-6-4-12-17-7-8-21(12)2/h7-9H,3-6H2,1-2H3,(H2,18,19,20). The van der Waals surface area contributed by atoms with Crippen LogP contribution >= 0.6 is 0 Å². The van der Waals surface area contributed by atoms with Gasteiger partial charge in [-0.2, -0.15) is 0 Å². The number of aromatic nitrogens is 3. The first kappa shape index (κ1) is 15.2. The summed E-state index contributed by atoms with van der Waals surface area (Å²) in [6.07, 6.45) is 5.01. The van der Waals surface area contributed by atoms with Crippen molar-refractivity contribution < 1.29 is 8.78 Å². The number of nitrogens with zero attached hydrogens (tertiary/aromatic N) is 3. The zero-order valence-electron chi connectivity index (χ0n) is 12.2. The number of anilines is 2. The van der Waals surface area contributed by atoms with Gasteiger partial charge in [-0.1, -0.05) is 6.92 Å². The van der Waals surface area contributed by atoms with E-state index in [9.17, 15) is 8.78 Å². The van der Waals surface area contributed by atoms with Crippen molar-refractivity contribution in [3.8, 4) is 0 Å². The average molecular weight is 295 g/mol. The molecular formula is C14H19F2N5. The minimum absolute atomic E-state index is 0.0456. The molecule has 5 nitrogen and oxygen atoms in total. The van der Waals surface area contributed by atoms with Gasteiger partial charge in [0.25, 0.3) is 0 Å². The van der Waals surface area contributed by atoms with Crippen molar-refractivity contribution in [2.24, 2.45) is 7.05 Å². The maximum absolute atomic E-state index is 13.7. The van der Waals surface area contributed by atoms with E-state index in [0.717, 1.165) is 18.3 Å². The third kappa shape index (κ3) is 3.90. The molecule has 0 atom stereocenters. The maximum Gasteiger partial charge on any atom is 0.168 e. The lowest BCUT2D eigenvalue weighted by atomic mass is 10.3. The molecule has 7 heteroatoms. The molecule has 0 unspecified atom stereocenters. The van der Waals surface area contributed by atoms with Crippen LogP contribution in [-0.4, -0.2) is 27.6 Å². The van der Waals surface area contributed by atoms with Crippen LogP contribution in [0.5, 0.6) is 0 Å². The average Bonchev–Trinajstić information content (AvgIpc) is 2.85. The molecule has 0 saturated carbocycles. The monoisotopic (exact) mass is 295 g/mol. The fraction of sp³-hybridized carbons (Fsp3) is 0.429. The van der Waals surface area contributed by atoms with Crippen LogP contribution in [0.4, 0.5) is 20.4 Å². The fourth-order valence-corrected chi connectivity index (χ4v) is 1.89. The smallest absolute Gasteiger partial charge is 0.168 e. The highest BCUT2D eigenvalue weighted by molar-refractivity contribution is 5.47. The Morgan fingerprint density at radius 2 is 1.81 bits per heavy atom. The van der Waals surface area contributed by atoms with Gasteiger partial charge in [0.15, 0.2) is 23.3 Å². The summed E-state index contributed by atoms with van der Waals surface area (Å²) in [5.74, 6) is -0.388. The van der Waals surface area contributed by atoms with Gasteiger partial charge in [-0.05, 0) is 6.42 Å². The third-order valence-corrected chi connectivity index (χ3v) is 3.03. The Morgan fingerprint density at radius 3 is 2.38 bits per heavy atom. The molecule has 0 bridgehead atoms. The number of nitrogens with one attached hydrogen (secondary N) is 2. The van der Waals surface area contributed by atoms with Gasteiger partial charge in [0.1, 0.15) is 5.82 Å². The van der Waals surface area contributed by atoms with E-state index in [4.69, 9.17) is 0 Å². The van der Waals surface area contributed by atoms with Crippen LogP contribution in [-0.2, 0) is 13.5 Å². The number of imidazole rings is 1. The number of hydrogen-bond donors (Lipinski definition) is 2. The number of pyridine rings is 1. The molecule has 2 rings (SSSR count). The molecular weight excluding hydrogens is 276 g/mol. The first-order chi connectivity index (χ1) is 10.1. The quantitative estimate of drug-likeness (QED) is 0.824. The summed E-state index contributed by atoms with van der Waals surface area (Å²) in [5, 5.41) is 5.71. The summed E-state index contributed by atoms with van der Waals surface area (Å²) in [6, 6.07) is 0.841. The molecule has 21 heavy (non-hydrogen) atoms. The van der Waals surface area contributed by atoms with Crippen molar-refractivity contribution in [3.05, 3.63) is 35.9 Å². The van der Waals surface area contributed by atoms with Crippen LogP contribution in [0.25, 0.3) is 0 Å². The second kappa shape index (κ2) is 7.01. The van der Waals surface area contributed by atoms with Crippen LogP contribution in [0.2, 0.25) is 0 Å². The summed E-state index contributed by atoms with van der Waals surface area (Å²) in [4.78, 5) is 8.13. The number of rotatable bonds is 7. The molecule has 0 aliphatic carbocycles. The molecule has 0 aliphatic rings. The van der Waals surface area contributed by atoms with Crippen molar-refractivity contribution in [1.29, 1.82) is 0 Å². The van der Waals surface area contributed by atoms with Crippen molar-refractivity contribution in [2.45, 2.75) is 19.8 Å². The predicted molar refractivity (Wildman–Crippen MR) is 78.3 cm³/mol. The van der Waals surface area contributed by atoms with Gasteiger partial charge in [-0.25, -0.2) is 18.7 Å². The number of hydrogen-bond acceptors (Lipinski definition) is 4. The Morgan fingerprint density at radius 1 is 1.14 bits per heavy atom. The highest BCUT2D eigenvalue weighted by Crippen LogP contribution is 2.19. The lowest BCUT2D eigenvalue weighted by Crippen LogP contribution is -2.13. The van der Waals surface area contributed by atoms with Crippen LogP contribution < -0.4 is 10.6 Å². The van der Waals surface area contributed by atoms with Gasteiger partial charge in [0, 0.05) is 45.0 Å². The molecule has 0 spiro atoms. The van der Waals surface area contributed by atoms with Crippen LogP contribution in [0.1, 0.15) is 19.2 Å². The molecule has 0 amide bonds. The largest absolute Gasteiger partial charge is 0.368 e. The topological polar surface area (TPSA) is 54.8 Å². The zero-order valence-corrected chi connectivity index (χ0v) is 12.2. The Labute approximate surface area is 122 Å². The summed E-state index contributed by atoms with van der Waals surface area (Å²) in [5.41, 5.74) is 0. The van der Waals surface area contributed by atoms with E-state index in [-0.39, 0.29) is 11.6 Å². The Bertz CT molecular complexity index is 597. The van der Waals surface area contributed by atoms with Crippen molar-refractivity contribution in [3.63, 3.8) is 0 Å². The molecule has 114 valence electrons. The van der Waals surface area contributed by atoms with E-state index in [1.165, 1.54) is 0 Å². The van der Waals surface area contributed by atoms with Gasteiger partial charge in [-0.3, -0.25) is 0 Å². The molecule has 2 N–H and O–H groups in total. The number of halogens is 2. The molecule has 2 heterocycles. The van der Waals surface area contributed by atoms with E-state index < -0.39 is 11.6 Å². The molecule has 0 aliphatic heterocycles. The lowest BCUT2D eigenvalue weighted by molar-refractivity contribution is 0.577. The lowest BCUT2D eigenvalue weighted by Gasteiger charge is -2.10. The zero-order chi connectivity index (χ0) is 15.2. The molecule has 2 aromatic rings. The molecule has 2 aromatic heterocycles. The second-order valence-corrected chi connectivity index (χ2v) is 4.71. The summed E-state index contributed by atoms with van der Waals surface area (Å²) >= 11 is 0. The Kier molecular flexibility index (Phi) is 5.08. The minimum Gasteiger partial charge on any atom is -0.368 e. The Hall–Kier alpha value is -2.18. The molecule has 0 saturated heterocycles. The Balaban J connectivity index is 2.00. The van der Waals surface area contributed by atoms with E-state index in [1.54, 1.807) is 6.20 Å². The first-order valence-corrected chi connectivity index (χ1v) is 6.91. The van der Waals surface area contributed by atoms with Gasteiger partial charge < -0.3 is 15.2 Å². The summed E-state index contributed by atoms with van der Waals surface area (Å²) < 4.78 is 29.1. The van der Waals surface area contributed by atoms with Gasteiger partial charge in [0.05, 0.1) is 0 Å². The SMILES string of the molecule is CCCNc1nc(NCCc2nccn2C)c(F)cc1F.